The average molecular weight is 314 g/mol. The minimum absolute atomic E-state index is 0.119. The van der Waals surface area contributed by atoms with Crippen molar-refractivity contribution in [2.75, 3.05) is 11.9 Å². The Balaban J connectivity index is 1.60. The maximum Gasteiger partial charge on any atom is 0.274 e. The van der Waals surface area contributed by atoms with Crippen molar-refractivity contribution in [1.29, 1.82) is 0 Å². The Morgan fingerprint density at radius 3 is 3.09 bits per heavy atom. The van der Waals surface area contributed by atoms with Gasteiger partial charge in [0.1, 0.15) is 11.1 Å². The highest BCUT2D eigenvalue weighted by Gasteiger charge is 2.25. The predicted octanol–water partition coefficient (Wildman–Crippen LogP) is 2.96. The van der Waals surface area contributed by atoms with E-state index in [0.717, 1.165) is 29.4 Å². The summed E-state index contributed by atoms with van der Waals surface area (Å²) in [5.41, 5.74) is 5.54. The second-order valence-corrected chi connectivity index (χ2v) is 6.41. The Labute approximate surface area is 131 Å². The highest BCUT2D eigenvalue weighted by molar-refractivity contribution is 8.00. The van der Waals surface area contributed by atoms with Crippen LogP contribution in [0.15, 0.2) is 41.3 Å². The molecule has 0 saturated heterocycles. The second kappa shape index (κ2) is 5.23. The summed E-state index contributed by atoms with van der Waals surface area (Å²) in [6.07, 6.45) is 0.953. The van der Waals surface area contributed by atoms with Gasteiger partial charge in [0.2, 0.25) is 0 Å². The summed E-state index contributed by atoms with van der Waals surface area (Å²) in [4.78, 5) is 12.5. The molecule has 2 heterocycles. The van der Waals surface area contributed by atoms with Crippen LogP contribution in [0.5, 0.6) is 5.75 Å². The summed E-state index contributed by atoms with van der Waals surface area (Å²) in [5, 5.41) is 12.3. The summed E-state index contributed by atoms with van der Waals surface area (Å²) in [5.74, 6) is 0.479. The molecular weight excluding hydrogens is 300 g/mol. The Morgan fingerprint density at radius 1 is 1.32 bits per heavy atom. The molecule has 0 aliphatic carbocycles. The number of nitrogens with one attached hydrogen (secondary N) is 2. The minimum atomic E-state index is -0.499. The number of ether oxygens (including phenoxy) is 1. The van der Waals surface area contributed by atoms with Crippen molar-refractivity contribution < 1.29 is 14.7 Å². The van der Waals surface area contributed by atoms with Gasteiger partial charge in [0.25, 0.3) is 5.91 Å². The molecule has 2 aliphatic rings. The van der Waals surface area contributed by atoms with Crippen molar-refractivity contribution in [2.24, 2.45) is 0 Å². The van der Waals surface area contributed by atoms with Gasteiger partial charge in [-0.15, -0.1) is 0 Å². The van der Waals surface area contributed by atoms with Crippen LogP contribution in [0.3, 0.4) is 0 Å². The zero-order valence-corrected chi connectivity index (χ0v) is 12.4. The van der Waals surface area contributed by atoms with E-state index < -0.39 is 5.91 Å². The lowest BCUT2D eigenvalue weighted by Crippen LogP contribution is -2.18. The Bertz CT molecular complexity index is 763. The van der Waals surface area contributed by atoms with E-state index in [9.17, 15) is 4.79 Å². The van der Waals surface area contributed by atoms with Crippen LogP contribution in [-0.4, -0.2) is 17.7 Å². The summed E-state index contributed by atoms with van der Waals surface area (Å²) in [7, 11) is 0. The quantitative estimate of drug-likeness (QED) is 0.587. The first-order valence-electron chi connectivity index (χ1n) is 7.02. The first kappa shape index (κ1) is 13.5. The van der Waals surface area contributed by atoms with Gasteiger partial charge in [0, 0.05) is 22.6 Å². The first-order chi connectivity index (χ1) is 10.7. The number of hydrogen-bond acceptors (Lipinski definition) is 5. The molecule has 6 heteroatoms. The maximum absolute atomic E-state index is 11.5. The number of thioether (sulfide) groups is 1. The minimum Gasteiger partial charge on any atom is -0.493 e. The molecule has 0 bridgehead atoms. The molecule has 2 aromatic rings. The van der Waals surface area contributed by atoms with Gasteiger partial charge in [-0.3, -0.25) is 10.0 Å². The van der Waals surface area contributed by atoms with Gasteiger partial charge in [-0.1, -0.05) is 17.8 Å². The number of fused-ring (bicyclic) bond motifs is 2. The van der Waals surface area contributed by atoms with Crippen LogP contribution in [0, 0.1) is 0 Å². The van der Waals surface area contributed by atoms with Crippen LogP contribution in [0.1, 0.15) is 26.9 Å². The predicted molar refractivity (Wildman–Crippen MR) is 83.6 cm³/mol. The van der Waals surface area contributed by atoms with Crippen molar-refractivity contribution in [3.05, 3.63) is 53.1 Å². The van der Waals surface area contributed by atoms with Crippen molar-refractivity contribution in [3.63, 3.8) is 0 Å². The largest absolute Gasteiger partial charge is 0.493 e. The second-order valence-electron chi connectivity index (χ2n) is 5.26. The lowest BCUT2D eigenvalue weighted by molar-refractivity contribution is 0.0706. The van der Waals surface area contributed by atoms with E-state index in [-0.39, 0.29) is 5.37 Å². The molecule has 4 rings (SSSR count). The fourth-order valence-electron chi connectivity index (χ4n) is 2.76. The summed E-state index contributed by atoms with van der Waals surface area (Å²) < 4.78 is 5.54. The van der Waals surface area contributed by atoms with Gasteiger partial charge in [-0.25, -0.2) is 5.48 Å². The molecule has 0 radical (unpaired) electrons. The van der Waals surface area contributed by atoms with Gasteiger partial charge < -0.3 is 10.1 Å². The molecule has 1 atom stereocenters. The van der Waals surface area contributed by atoms with E-state index >= 15 is 0 Å². The van der Waals surface area contributed by atoms with Crippen LogP contribution in [0.4, 0.5) is 5.69 Å². The molecule has 22 heavy (non-hydrogen) atoms. The molecule has 0 saturated carbocycles. The molecule has 2 aromatic carbocycles. The fourth-order valence-corrected chi connectivity index (χ4v) is 3.93. The van der Waals surface area contributed by atoms with Crippen molar-refractivity contribution >= 4 is 23.4 Å². The zero-order valence-electron chi connectivity index (χ0n) is 11.6. The van der Waals surface area contributed by atoms with Crippen molar-refractivity contribution in [1.82, 2.24) is 5.48 Å². The zero-order chi connectivity index (χ0) is 15.1. The number of rotatable bonds is 2. The van der Waals surface area contributed by atoms with E-state index in [0.29, 0.717) is 5.56 Å². The molecule has 5 nitrogen and oxygen atoms in total. The van der Waals surface area contributed by atoms with E-state index in [1.807, 2.05) is 12.1 Å². The molecule has 0 fully saturated rings. The number of carbonyl (C=O) groups excluding carboxylic acids is 1. The normalized spacial score (nSPS) is 18.1. The Kier molecular flexibility index (Phi) is 3.20. The maximum atomic E-state index is 11.5. The standard InChI is InChI=1S/C16H14N2O3S/c19-15(18-20)10-1-3-12-14(8-10)22-16(17-12)11-2-4-13-9(7-11)5-6-21-13/h1-4,7-8,16-17,20H,5-6H2,(H,18,19). The summed E-state index contributed by atoms with van der Waals surface area (Å²) in [6.45, 7) is 0.754. The van der Waals surface area contributed by atoms with Crippen molar-refractivity contribution in [3.8, 4) is 5.75 Å². The van der Waals surface area contributed by atoms with E-state index in [2.05, 4.69) is 17.4 Å². The van der Waals surface area contributed by atoms with Crippen molar-refractivity contribution in [2.45, 2.75) is 16.7 Å². The molecule has 2 aliphatic heterocycles. The van der Waals surface area contributed by atoms with Gasteiger partial charge in [0.05, 0.1) is 6.61 Å². The van der Waals surface area contributed by atoms with Crippen LogP contribution in [0.2, 0.25) is 0 Å². The monoisotopic (exact) mass is 314 g/mol. The van der Waals surface area contributed by atoms with Gasteiger partial charge >= 0.3 is 0 Å². The van der Waals surface area contributed by atoms with Gasteiger partial charge in [0.15, 0.2) is 0 Å². The highest BCUT2D eigenvalue weighted by Crippen LogP contribution is 2.47. The molecule has 1 unspecified atom stereocenters. The third-order valence-electron chi connectivity index (χ3n) is 3.89. The van der Waals surface area contributed by atoms with E-state index in [1.165, 1.54) is 11.1 Å². The van der Waals surface area contributed by atoms with Crippen LogP contribution >= 0.6 is 11.8 Å². The summed E-state index contributed by atoms with van der Waals surface area (Å²) >= 11 is 1.66. The van der Waals surface area contributed by atoms with Gasteiger partial charge in [-0.2, -0.15) is 0 Å². The lowest BCUT2D eigenvalue weighted by Gasteiger charge is -2.11. The van der Waals surface area contributed by atoms with E-state index in [1.54, 1.807) is 29.4 Å². The van der Waals surface area contributed by atoms with Crippen LogP contribution in [0.25, 0.3) is 0 Å². The third-order valence-corrected chi connectivity index (χ3v) is 5.11. The SMILES string of the molecule is O=C(NO)c1ccc2c(c1)SC(c1ccc3c(c1)CCO3)N2. The first-order valence-corrected chi connectivity index (χ1v) is 7.90. The number of carbonyl (C=O) groups is 1. The van der Waals surface area contributed by atoms with Crippen LogP contribution in [-0.2, 0) is 6.42 Å². The number of amides is 1. The summed E-state index contributed by atoms with van der Waals surface area (Å²) in [6, 6.07) is 11.6. The van der Waals surface area contributed by atoms with Crippen LogP contribution < -0.4 is 15.5 Å². The average Bonchev–Trinajstić information content (AvgIpc) is 3.18. The lowest BCUT2D eigenvalue weighted by atomic mass is 10.1. The number of anilines is 1. The molecular formula is C16H14N2O3S. The fraction of sp³-hybridized carbons (Fsp3) is 0.188. The molecule has 0 aromatic heterocycles. The smallest absolute Gasteiger partial charge is 0.274 e. The molecule has 3 N–H and O–H groups in total. The number of benzene rings is 2. The highest BCUT2D eigenvalue weighted by atomic mass is 32.2. The van der Waals surface area contributed by atoms with Gasteiger partial charge in [-0.05, 0) is 41.5 Å². The van der Waals surface area contributed by atoms with E-state index in [4.69, 9.17) is 9.94 Å². The number of hydrogen-bond donors (Lipinski definition) is 3. The topological polar surface area (TPSA) is 70.6 Å². The molecule has 0 spiro atoms. The Hall–Kier alpha value is -2.18. The molecule has 1 amide bonds. The third kappa shape index (κ3) is 2.20. The number of hydroxylamine groups is 1. The Morgan fingerprint density at radius 2 is 2.23 bits per heavy atom. The molecule has 112 valence electrons.